The van der Waals surface area contributed by atoms with E-state index in [1.165, 1.54) is 12.1 Å². The number of carbonyl (C=O) groups excluding carboxylic acids is 1. The number of nitrogens with one attached hydrogen (secondary N) is 2. The highest BCUT2D eigenvalue weighted by Crippen LogP contribution is 2.19. The second-order valence-electron chi connectivity index (χ2n) is 3.48. The van der Waals surface area contributed by atoms with Crippen molar-refractivity contribution in [3.8, 4) is 0 Å². The Kier molecular flexibility index (Phi) is 3.05. The summed E-state index contributed by atoms with van der Waals surface area (Å²) in [7, 11) is 0. The van der Waals surface area contributed by atoms with Crippen molar-refractivity contribution in [2.45, 2.75) is 0 Å². The number of H-pyrrole nitrogens is 1. The summed E-state index contributed by atoms with van der Waals surface area (Å²) in [5.74, 6) is -1.11. The zero-order valence-electron chi connectivity index (χ0n) is 9.11. The van der Waals surface area contributed by atoms with Crippen LogP contribution < -0.4 is 16.6 Å². The second-order valence-corrected chi connectivity index (χ2v) is 3.48. The molecule has 0 unspecified atom stereocenters. The highest BCUT2D eigenvalue weighted by atomic mass is 19.1. The number of nitrogens with two attached hydrogens (primary N) is 1. The fourth-order valence-electron chi connectivity index (χ4n) is 1.29. The van der Waals surface area contributed by atoms with Crippen molar-refractivity contribution in [3.05, 3.63) is 52.5 Å². The maximum Gasteiger partial charge on any atom is 0.275 e. The van der Waals surface area contributed by atoms with E-state index in [2.05, 4.69) is 15.3 Å². The topological polar surface area (TPSA) is 101 Å². The quantitative estimate of drug-likeness (QED) is 0.682. The first-order valence-corrected chi connectivity index (χ1v) is 4.97. The SMILES string of the molecule is Nc1ccc(F)cc1NC(=O)c1c[nH]c(=O)cn1. The van der Waals surface area contributed by atoms with E-state index < -0.39 is 17.3 Å². The van der Waals surface area contributed by atoms with E-state index in [-0.39, 0.29) is 17.1 Å². The third-order valence-corrected chi connectivity index (χ3v) is 2.17. The van der Waals surface area contributed by atoms with E-state index in [0.717, 1.165) is 18.5 Å². The predicted molar refractivity (Wildman–Crippen MR) is 63.6 cm³/mol. The summed E-state index contributed by atoms with van der Waals surface area (Å²) in [5.41, 5.74) is 5.54. The zero-order valence-corrected chi connectivity index (χ0v) is 9.11. The minimum absolute atomic E-state index is 0.00161. The predicted octanol–water partition coefficient (Wildman–Crippen LogP) is 0.744. The first kappa shape index (κ1) is 11.8. The molecule has 1 amide bonds. The number of nitrogens with zero attached hydrogens (tertiary/aromatic N) is 1. The lowest BCUT2D eigenvalue weighted by atomic mass is 10.2. The minimum Gasteiger partial charge on any atom is -0.397 e. The van der Waals surface area contributed by atoms with Crippen molar-refractivity contribution in [2.75, 3.05) is 11.1 Å². The van der Waals surface area contributed by atoms with Crippen molar-refractivity contribution in [2.24, 2.45) is 0 Å². The molecule has 0 aliphatic rings. The van der Waals surface area contributed by atoms with Crippen molar-refractivity contribution >= 4 is 17.3 Å². The molecule has 0 bridgehead atoms. The number of hydrogen-bond donors (Lipinski definition) is 3. The molecule has 18 heavy (non-hydrogen) atoms. The lowest BCUT2D eigenvalue weighted by Crippen LogP contribution is -2.17. The number of aromatic amines is 1. The van der Waals surface area contributed by atoms with Crippen LogP contribution in [0.1, 0.15) is 10.5 Å². The Labute approximate surface area is 101 Å². The molecule has 1 aromatic heterocycles. The molecular weight excluding hydrogens is 239 g/mol. The molecule has 6 nitrogen and oxygen atoms in total. The van der Waals surface area contributed by atoms with E-state index in [9.17, 15) is 14.0 Å². The van der Waals surface area contributed by atoms with Gasteiger partial charge in [-0.05, 0) is 18.2 Å². The number of hydrogen-bond acceptors (Lipinski definition) is 4. The van der Waals surface area contributed by atoms with Gasteiger partial charge in [-0.25, -0.2) is 9.37 Å². The molecule has 0 fully saturated rings. The molecular formula is C11H9FN4O2. The van der Waals surface area contributed by atoms with Gasteiger partial charge in [-0.1, -0.05) is 0 Å². The minimum atomic E-state index is -0.594. The number of halogens is 1. The second kappa shape index (κ2) is 4.66. The van der Waals surface area contributed by atoms with Crippen LogP contribution in [0.4, 0.5) is 15.8 Å². The molecule has 0 atom stereocenters. The molecule has 0 aliphatic carbocycles. The third kappa shape index (κ3) is 2.51. The molecule has 0 radical (unpaired) electrons. The first-order chi connectivity index (χ1) is 8.56. The van der Waals surface area contributed by atoms with Crippen molar-refractivity contribution in [3.63, 3.8) is 0 Å². The van der Waals surface area contributed by atoms with Crippen LogP contribution >= 0.6 is 0 Å². The van der Waals surface area contributed by atoms with Gasteiger partial charge in [0.05, 0.1) is 17.6 Å². The van der Waals surface area contributed by atoms with Crippen LogP contribution in [0.25, 0.3) is 0 Å². The summed E-state index contributed by atoms with van der Waals surface area (Å²) in [6, 6.07) is 3.62. The Morgan fingerprint density at radius 2 is 2.22 bits per heavy atom. The molecule has 2 rings (SSSR count). The van der Waals surface area contributed by atoms with Gasteiger partial charge in [-0.2, -0.15) is 0 Å². The Balaban J connectivity index is 2.23. The van der Waals surface area contributed by atoms with E-state index in [4.69, 9.17) is 5.73 Å². The summed E-state index contributed by atoms with van der Waals surface area (Å²) >= 11 is 0. The van der Waals surface area contributed by atoms with Crippen LogP contribution in [0, 0.1) is 5.82 Å². The Bertz CT molecular complexity index is 633. The Hall–Kier alpha value is -2.70. The number of aromatic nitrogens is 2. The fourth-order valence-corrected chi connectivity index (χ4v) is 1.29. The van der Waals surface area contributed by atoms with Gasteiger partial charge in [-0.3, -0.25) is 9.59 Å². The molecule has 0 saturated carbocycles. The Morgan fingerprint density at radius 1 is 1.44 bits per heavy atom. The zero-order chi connectivity index (χ0) is 13.1. The lowest BCUT2D eigenvalue weighted by molar-refractivity contribution is 0.102. The van der Waals surface area contributed by atoms with Gasteiger partial charge in [0.25, 0.3) is 11.5 Å². The standard InChI is InChI=1S/C11H9FN4O2/c12-6-1-2-7(13)8(3-6)16-11(18)9-4-15-10(17)5-14-9/h1-5H,13H2,(H,15,17)(H,16,18). The van der Waals surface area contributed by atoms with E-state index in [1.54, 1.807) is 0 Å². The summed E-state index contributed by atoms with van der Waals surface area (Å²) in [6.45, 7) is 0. The summed E-state index contributed by atoms with van der Waals surface area (Å²) in [5, 5.41) is 2.40. The number of benzene rings is 1. The smallest absolute Gasteiger partial charge is 0.275 e. The third-order valence-electron chi connectivity index (χ3n) is 2.17. The van der Waals surface area contributed by atoms with Crippen LogP contribution in [0.5, 0.6) is 0 Å². The van der Waals surface area contributed by atoms with Crippen LogP contribution in [0.15, 0.2) is 35.4 Å². The fraction of sp³-hybridized carbons (Fsp3) is 0. The molecule has 0 saturated heterocycles. The molecule has 7 heteroatoms. The maximum absolute atomic E-state index is 13.0. The van der Waals surface area contributed by atoms with Crippen molar-refractivity contribution < 1.29 is 9.18 Å². The van der Waals surface area contributed by atoms with Gasteiger partial charge < -0.3 is 16.0 Å². The van der Waals surface area contributed by atoms with Crippen LogP contribution in [0.2, 0.25) is 0 Å². The van der Waals surface area contributed by atoms with Gasteiger partial charge in [0, 0.05) is 6.20 Å². The van der Waals surface area contributed by atoms with Crippen LogP contribution in [-0.4, -0.2) is 15.9 Å². The van der Waals surface area contributed by atoms with Gasteiger partial charge in [-0.15, -0.1) is 0 Å². The molecule has 0 aliphatic heterocycles. The maximum atomic E-state index is 13.0. The summed E-state index contributed by atoms with van der Waals surface area (Å²) in [6.07, 6.45) is 2.14. The molecule has 92 valence electrons. The molecule has 0 spiro atoms. The summed E-state index contributed by atoms with van der Waals surface area (Å²) < 4.78 is 13.0. The number of rotatable bonds is 2. The van der Waals surface area contributed by atoms with E-state index in [1.807, 2.05) is 0 Å². The van der Waals surface area contributed by atoms with E-state index in [0.29, 0.717) is 0 Å². The monoisotopic (exact) mass is 248 g/mol. The highest BCUT2D eigenvalue weighted by molar-refractivity contribution is 6.04. The van der Waals surface area contributed by atoms with Crippen LogP contribution in [0.3, 0.4) is 0 Å². The Morgan fingerprint density at radius 3 is 2.89 bits per heavy atom. The van der Waals surface area contributed by atoms with Gasteiger partial charge >= 0.3 is 0 Å². The number of carbonyl (C=O) groups is 1. The van der Waals surface area contributed by atoms with Crippen molar-refractivity contribution in [1.82, 2.24) is 9.97 Å². The number of amides is 1. The number of nitrogen functional groups attached to an aromatic ring is 1. The highest BCUT2D eigenvalue weighted by Gasteiger charge is 2.10. The molecule has 1 aromatic carbocycles. The lowest BCUT2D eigenvalue weighted by Gasteiger charge is -2.07. The van der Waals surface area contributed by atoms with Gasteiger partial charge in [0.2, 0.25) is 0 Å². The molecule has 1 heterocycles. The largest absolute Gasteiger partial charge is 0.397 e. The average Bonchev–Trinajstić information content (AvgIpc) is 2.34. The summed E-state index contributed by atoms with van der Waals surface area (Å²) in [4.78, 5) is 28.4. The normalized spacial score (nSPS) is 10.1. The van der Waals surface area contributed by atoms with Gasteiger partial charge in [0.1, 0.15) is 11.5 Å². The first-order valence-electron chi connectivity index (χ1n) is 4.97. The van der Waals surface area contributed by atoms with Crippen LogP contribution in [-0.2, 0) is 0 Å². The van der Waals surface area contributed by atoms with E-state index >= 15 is 0 Å². The number of anilines is 2. The molecule has 2 aromatic rings. The molecule has 4 N–H and O–H groups in total. The average molecular weight is 248 g/mol. The van der Waals surface area contributed by atoms with Gasteiger partial charge in [0.15, 0.2) is 0 Å². The van der Waals surface area contributed by atoms with Crippen molar-refractivity contribution in [1.29, 1.82) is 0 Å².